The summed E-state index contributed by atoms with van der Waals surface area (Å²) in [6.45, 7) is 4.25. The third kappa shape index (κ3) is 1.93. The van der Waals surface area contributed by atoms with E-state index >= 15 is 0 Å². The molecule has 1 aromatic heterocycles. The molecule has 78 valence electrons. The molecule has 0 aliphatic heterocycles. The number of hydrogen-bond donors (Lipinski definition) is 2. The topological polar surface area (TPSA) is 72.9 Å². The number of imidazole rings is 1. The van der Waals surface area contributed by atoms with Crippen molar-refractivity contribution in [2.75, 3.05) is 19.3 Å². The molecule has 1 heterocycles. The molecule has 0 aromatic carbocycles. The van der Waals surface area contributed by atoms with Crippen molar-refractivity contribution in [3.63, 3.8) is 0 Å². The predicted molar refractivity (Wildman–Crippen MR) is 55.3 cm³/mol. The molecule has 0 saturated heterocycles. The molecule has 5 heteroatoms. The van der Waals surface area contributed by atoms with E-state index in [1.807, 2.05) is 13.8 Å². The van der Waals surface area contributed by atoms with E-state index in [0.717, 1.165) is 0 Å². The monoisotopic (exact) mass is 196 g/mol. The van der Waals surface area contributed by atoms with E-state index in [1.54, 1.807) is 17.9 Å². The third-order valence-electron chi connectivity index (χ3n) is 1.98. The van der Waals surface area contributed by atoms with E-state index in [0.29, 0.717) is 11.5 Å². The maximum Gasteiger partial charge on any atom is 0.196 e. The van der Waals surface area contributed by atoms with Gasteiger partial charge in [-0.25, -0.2) is 4.98 Å². The first-order valence-corrected chi connectivity index (χ1v) is 4.58. The SMILES string of the molecule is CNCC(=O)c1c(N)ncn1C(C)C. The van der Waals surface area contributed by atoms with Crippen LogP contribution in [0.15, 0.2) is 6.33 Å². The van der Waals surface area contributed by atoms with Gasteiger partial charge in [-0.05, 0) is 20.9 Å². The van der Waals surface area contributed by atoms with Gasteiger partial charge in [-0.2, -0.15) is 0 Å². The van der Waals surface area contributed by atoms with Crippen molar-refractivity contribution in [1.29, 1.82) is 0 Å². The number of nitrogens with zero attached hydrogens (tertiary/aromatic N) is 2. The number of nitrogens with one attached hydrogen (secondary N) is 1. The van der Waals surface area contributed by atoms with Crippen LogP contribution in [0.2, 0.25) is 0 Å². The number of nitrogens with two attached hydrogens (primary N) is 1. The van der Waals surface area contributed by atoms with Crippen LogP contribution in [-0.2, 0) is 0 Å². The zero-order valence-corrected chi connectivity index (χ0v) is 8.74. The van der Waals surface area contributed by atoms with E-state index < -0.39 is 0 Å². The van der Waals surface area contributed by atoms with Gasteiger partial charge in [0.25, 0.3) is 0 Å². The number of ketones is 1. The predicted octanol–water partition coefficient (Wildman–Crippen LogP) is 0.448. The van der Waals surface area contributed by atoms with E-state index in [1.165, 1.54) is 0 Å². The van der Waals surface area contributed by atoms with Gasteiger partial charge in [0, 0.05) is 6.04 Å². The maximum atomic E-state index is 11.6. The summed E-state index contributed by atoms with van der Waals surface area (Å²) in [5, 5.41) is 2.80. The second-order valence-corrected chi connectivity index (χ2v) is 3.43. The number of Topliss-reactive ketones (excluding diaryl/α,β-unsaturated/α-hetero) is 1. The lowest BCUT2D eigenvalue weighted by molar-refractivity contribution is 0.0984. The van der Waals surface area contributed by atoms with Gasteiger partial charge >= 0.3 is 0 Å². The second-order valence-electron chi connectivity index (χ2n) is 3.43. The lowest BCUT2D eigenvalue weighted by Crippen LogP contribution is -2.22. The smallest absolute Gasteiger partial charge is 0.196 e. The normalized spacial score (nSPS) is 10.9. The standard InChI is InChI=1S/C9H16N4O/c1-6(2)13-5-12-9(10)8(13)7(14)4-11-3/h5-6,11H,4,10H2,1-3H3. The molecule has 0 saturated carbocycles. The van der Waals surface area contributed by atoms with E-state index in [2.05, 4.69) is 10.3 Å². The second kappa shape index (κ2) is 4.23. The van der Waals surface area contributed by atoms with Crippen molar-refractivity contribution < 1.29 is 4.79 Å². The van der Waals surface area contributed by atoms with Gasteiger partial charge in [-0.3, -0.25) is 4.79 Å². The average molecular weight is 196 g/mol. The first-order chi connectivity index (χ1) is 6.57. The Balaban J connectivity index is 3.04. The number of rotatable bonds is 4. The molecule has 0 amide bonds. The van der Waals surface area contributed by atoms with Crippen molar-refractivity contribution in [3.8, 4) is 0 Å². The Morgan fingerprint density at radius 1 is 1.71 bits per heavy atom. The average Bonchev–Trinajstić information content (AvgIpc) is 2.47. The number of nitrogen functional groups attached to an aromatic ring is 1. The molecule has 0 aliphatic rings. The quantitative estimate of drug-likeness (QED) is 0.686. The van der Waals surface area contributed by atoms with Crippen LogP contribution in [0.5, 0.6) is 0 Å². The van der Waals surface area contributed by atoms with E-state index in [9.17, 15) is 4.79 Å². The van der Waals surface area contributed by atoms with E-state index in [-0.39, 0.29) is 18.4 Å². The van der Waals surface area contributed by atoms with Crippen molar-refractivity contribution in [2.45, 2.75) is 19.9 Å². The molecule has 0 aliphatic carbocycles. The Hall–Kier alpha value is -1.36. The van der Waals surface area contributed by atoms with Gasteiger partial charge in [0.1, 0.15) is 5.69 Å². The largest absolute Gasteiger partial charge is 0.382 e. The van der Waals surface area contributed by atoms with Crippen LogP contribution < -0.4 is 11.1 Å². The van der Waals surface area contributed by atoms with Gasteiger partial charge in [-0.15, -0.1) is 0 Å². The fourth-order valence-electron chi connectivity index (χ4n) is 1.30. The number of aromatic nitrogens is 2. The molecule has 0 radical (unpaired) electrons. The molecule has 1 rings (SSSR count). The molecular weight excluding hydrogens is 180 g/mol. The minimum absolute atomic E-state index is 0.0313. The molecular formula is C9H16N4O. The molecule has 5 nitrogen and oxygen atoms in total. The fourth-order valence-corrected chi connectivity index (χ4v) is 1.30. The summed E-state index contributed by atoms with van der Waals surface area (Å²) in [7, 11) is 1.73. The Kier molecular flexibility index (Phi) is 3.24. The zero-order valence-electron chi connectivity index (χ0n) is 8.74. The summed E-state index contributed by atoms with van der Waals surface area (Å²) < 4.78 is 1.79. The zero-order chi connectivity index (χ0) is 10.7. The van der Waals surface area contributed by atoms with Crippen molar-refractivity contribution in [3.05, 3.63) is 12.0 Å². The molecule has 0 unspecified atom stereocenters. The minimum Gasteiger partial charge on any atom is -0.382 e. The summed E-state index contributed by atoms with van der Waals surface area (Å²) in [6.07, 6.45) is 1.60. The number of hydrogen-bond acceptors (Lipinski definition) is 4. The van der Waals surface area contributed by atoms with Gasteiger partial charge < -0.3 is 15.6 Å². The minimum atomic E-state index is -0.0313. The van der Waals surface area contributed by atoms with Crippen molar-refractivity contribution in [2.24, 2.45) is 0 Å². The molecule has 3 N–H and O–H groups in total. The molecule has 0 spiro atoms. The Morgan fingerprint density at radius 2 is 2.36 bits per heavy atom. The molecule has 0 atom stereocenters. The van der Waals surface area contributed by atoms with Gasteiger partial charge in [0.05, 0.1) is 12.9 Å². The summed E-state index contributed by atoms with van der Waals surface area (Å²) in [4.78, 5) is 15.6. The third-order valence-corrected chi connectivity index (χ3v) is 1.98. The van der Waals surface area contributed by atoms with Crippen molar-refractivity contribution >= 4 is 11.6 Å². The highest BCUT2D eigenvalue weighted by atomic mass is 16.1. The van der Waals surface area contributed by atoms with Crippen LogP contribution in [0.3, 0.4) is 0 Å². The van der Waals surface area contributed by atoms with Crippen molar-refractivity contribution in [1.82, 2.24) is 14.9 Å². The Morgan fingerprint density at radius 3 is 2.86 bits per heavy atom. The lowest BCUT2D eigenvalue weighted by Gasteiger charge is -2.10. The molecule has 14 heavy (non-hydrogen) atoms. The van der Waals surface area contributed by atoms with Crippen LogP contribution in [0, 0.1) is 0 Å². The van der Waals surface area contributed by atoms with Gasteiger partial charge in [-0.1, -0.05) is 0 Å². The number of likely N-dealkylation sites (N-methyl/N-ethyl adjacent to an activating group) is 1. The molecule has 0 bridgehead atoms. The van der Waals surface area contributed by atoms with E-state index in [4.69, 9.17) is 5.73 Å². The highest BCUT2D eigenvalue weighted by Gasteiger charge is 2.17. The van der Waals surface area contributed by atoms with Crippen LogP contribution in [0.4, 0.5) is 5.82 Å². The van der Waals surface area contributed by atoms with Crippen LogP contribution in [0.1, 0.15) is 30.4 Å². The summed E-state index contributed by atoms with van der Waals surface area (Å²) in [5.41, 5.74) is 6.12. The number of anilines is 1. The maximum absolute atomic E-state index is 11.6. The molecule has 0 fully saturated rings. The molecule has 1 aromatic rings. The lowest BCUT2D eigenvalue weighted by atomic mass is 10.2. The van der Waals surface area contributed by atoms with Crippen LogP contribution in [-0.4, -0.2) is 28.9 Å². The Bertz CT molecular complexity index is 330. The summed E-state index contributed by atoms with van der Waals surface area (Å²) in [6, 6.07) is 0.190. The summed E-state index contributed by atoms with van der Waals surface area (Å²) >= 11 is 0. The highest BCUT2D eigenvalue weighted by Crippen LogP contribution is 2.15. The first-order valence-electron chi connectivity index (χ1n) is 4.58. The summed E-state index contributed by atoms with van der Waals surface area (Å²) in [5.74, 6) is 0.273. The number of carbonyl (C=O) groups is 1. The van der Waals surface area contributed by atoms with Crippen LogP contribution >= 0.6 is 0 Å². The number of carbonyl (C=O) groups excluding carboxylic acids is 1. The fraction of sp³-hybridized carbons (Fsp3) is 0.556. The van der Waals surface area contributed by atoms with Gasteiger partial charge in [0.15, 0.2) is 11.6 Å². The van der Waals surface area contributed by atoms with Crippen LogP contribution in [0.25, 0.3) is 0 Å². The Labute approximate surface area is 83.3 Å². The first kappa shape index (κ1) is 10.7. The highest BCUT2D eigenvalue weighted by molar-refractivity contribution is 5.99. The van der Waals surface area contributed by atoms with Gasteiger partial charge in [0.2, 0.25) is 0 Å².